The van der Waals surface area contributed by atoms with E-state index >= 15 is 0 Å². The van der Waals surface area contributed by atoms with Gasteiger partial charge >= 0.3 is 0 Å². The van der Waals surface area contributed by atoms with Gasteiger partial charge in [-0.2, -0.15) is 0 Å². The third kappa shape index (κ3) is 22.6. The lowest BCUT2D eigenvalue weighted by molar-refractivity contribution is 0.411. The fourth-order valence-corrected chi connectivity index (χ4v) is 2.00. The molecule has 0 fully saturated rings. The highest BCUT2D eigenvalue weighted by atomic mass is 16.1. The van der Waals surface area contributed by atoms with Crippen LogP contribution in [0.4, 0.5) is 0 Å². The Kier molecular flexibility index (Phi) is 28.8. The van der Waals surface area contributed by atoms with Crippen molar-refractivity contribution in [1.29, 1.82) is 0 Å². The average molecular weight is 285 g/mol. The highest BCUT2D eigenvalue weighted by molar-refractivity contribution is 5.51. The van der Waals surface area contributed by atoms with E-state index in [1.165, 1.54) is 51.4 Å². The second-order valence-electron chi connectivity index (χ2n) is 5.30. The quantitative estimate of drug-likeness (QED) is 0.329. The van der Waals surface area contributed by atoms with E-state index in [1.54, 1.807) is 0 Å². The topological polar surface area (TPSA) is 17.1 Å². The molecule has 0 aromatic heterocycles. The van der Waals surface area contributed by atoms with E-state index in [0.717, 1.165) is 17.9 Å². The molecule has 1 atom stereocenters. The highest BCUT2D eigenvalue weighted by Crippen LogP contribution is 2.22. The summed E-state index contributed by atoms with van der Waals surface area (Å²) in [5, 5.41) is 0. The van der Waals surface area contributed by atoms with E-state index in [9.17, 15) is 4.79 Å². The van der Waals surface area contributed by atoms with Crippen LogP contribution in [0, 0.1) is 5.92 Å². The van der Waals surface area contributed by atoms with Crippen molar-refractivity contribution in [2.45, 2.75) is 106 Å². The highest BCUT2D eigenvalue weighted by Gasteiger charge is 2.09. The lowest BCUT2D eigenvalue weighted by atomic mass is 9.90. The Labute approximate surface area is 129 Å². The van der Waals surface area contributed by atoms with Crippen LogP contribution in [0.1, 0.15) is 106 Å². The molecular formula is C19H40O. The number of hydrogen-bond acceptors (Lipinski definition) is 1. The SMILES string of the molecule is CC.CCC.CCCCCC(CCCC)CC(C)=C=O. The van der Waals surface area contributed by atoms with Crippen LogP contribution in [0.2, 0.25) is 0 Å². The van der Waals surface area contributed by atoms with Gasteiger partial charge in [0.1, 0.15) is 5.94 Å². The van der Waals surface area contributed by atoms with Gasteiger partial charge in [0.25, 0.3) is 0 Å². The predicted molar refractivity (Wildman–Crippen MR) is 94.0 cm³/mol. The molecule has 0 N–H and O–H groups in total. The molecule has 20 heavy (non-hydrogen) atoms. The Bertz CT molecular complexity index is 202. The zero-order chi connectivity index (χ0) is 16.2. The van der Waals surface area contributed by atoms with Gasteiger partial charge in [-0.15, -0.1) is 0 Å². The summed E-state index contributed by atoms with van der Waals surface area (Å²) in [7, 11) is 0. The van der Waals surface area contributed by atoms with Gasteiger partial charge in [0.05, 0.1) is 0 Å². The molecule has 0 aliphatic carbocycles. The minimum absolute atomic E-state index is 0.720. The zero-order valence-corrected chi connectivity index (χ0v) is 15.3. The maximum Gasteiger partial charge on any atom is 0.123 e. The van der Waals surface area contributed by atoms with E-state index in [4.69, 9.17) is 0 Å². The molecular weight excluding hydrogens is 244 g/mol. The monoisotopic (exact) mass is 284 g/mol. The van der Waals surface area contributed by atoms with Crippen LogP contribution in [0.25, 0.3) is 0 Å². The Morgan fingerprint density at radius 1 is 0.900 bits per heavy atom. The Morgan fingerprint density at radius 3 is 1.75 bits per heavy atom. The van der Waals surface area contributed by atoms with Crippen molar-refractivity contribution in [2.24, 2.45) is 5.92 Å². The molecule has 1 nitrogen and oxygen atoms in total. The number of hydrogen-bond donors (Lipinski definition) is 0. The molecule has 0 bridgehead atoms. The fourth-order valence-electron chi connectivity index (χ4n) is 2.00. The molecule has 0 saturated carbocycles. The third-order valence-electron chi connectivity index (χ3n) is 2.95. The second kappa shape index (κ2) is 23.5. The van der Waals surface area contributed by atoms with E-state index in [0.29, 0.717) is 0 Å². The Hall–Kier alpha value is -0.550. The van der Waals surface area contributed by atoms with Crippen LogP contribution in [0.15, 0.2) is 5.57 Å². The summed E-state index contributed by atoms with van der Waals surface area (Å²) in [5.74, 6) is 2.75. The van der Waals surface area contributed by atoms with Gasteiger partial charge in [0.15, 0.2) is 0 Å². The smallest absolute Gasteiger partial charge is 0.123 e. The summed E-state index contributed by atoms with van der Waals surface area (Å²) in [4.78, 5) is 10.5. The summed E-state index contributed by atoms with van der Waals surface area (Å²) in [6.45, 7) is 14.6. The van der Waals surface area contributed by atoms with Gasteiger partial charge in [-0.1, -0.05) is 92.9 Å². The van der Waals surface area contributed by atoms with Gasteiger partial charge in [-0.25, -0.2) is 4.79 Å². The Balaban J connectivity index is -0.000000505. The van der Waals surface area contributed by atoms with Crippen LogP contribution in [0.3, 0.4) is 0 Å². The molecule has 0 aliphatic rings. The van der Waals surface area contributed by atoms with E-state index in [-0.39, 0.29) is 0 Å². The molecule has 122 valence electrons. The largest absolute Gasteiger partial charge is 0.234 e. The average Bonchev–Trinajstić information content (AvgIpc) is 2.47. The van der Waals surface area contributed by atoms with Gasteiger partial charge in [-0.3, -0.25) is 0 Å². The maximum atomic E-state index is 10.5. The zero-order valence-electron chi connectivity index (χ0n) is 15.3. The number of allylic oxidation sites excluding steroid dienone is 1. The van der Waals surface area contributed by atoms with Crippen molar-refractivity contribution in [2.75, 3.05) is 0 Å². The van der Waals surface area contributed by atoms with Crippen molar-refractivity contribution in [3.8, 4) is 0 Å². The summed E-state index contributed by atoms with van der Waals surface area (Å²) < 4.78 is 0. The molecule has 0 aromatic rings. The normalized spacial score (nSPS) is 10.3. The summed E-state index contributed by atoms with van der Waals surface area (Å²) >= 11 is 0. The van der Waals surface area contributed by atoms with E-state index in [1.807, 2.05) is 26.7 Å². The van der Waals surface area contributed by atoms with Crippen molar-refractivity contribution >= 4 is 5.94 Å². The van der Waals surface area contributed by atoms with Gasteiger partial charge in [0, 0.05) is 5.57 Å². The number of carbonyl (C=O) groups excluding carboxylic acids is 1. The molecule has 1 unspecified atom stereocenters. The van der Waals surface area contributed by atoms with Gasteiger partial charge in [-0.05, 0) is 19.3 Å². The first kappa shape index (κ1) is 24.5. The molecule has 0 spiro atoms. The third-order valence-corrected chi connectivity index (χ3v) is 2.95. The number of rotatable bonds is 9. The van der Waals surface area contributed by atoms with Crippen LogP contribution >= 0.6 is 0 Å². The Morgan fingerprint density at radius 2 is 1.35 bits per heavy atom. The number of unbranched alkanes of at least 4 members (excludes halogenated alkanes) is 3. The first-order valence-corrected chi connectivity index (χ1v) is 8.86. The van der Waals surface area contributed by atoms with Crippen molar-refractivity contribution in [1.82, 2.24) is 0 Å². The fraction of sp³-hybridized carbons (Fsp3) is 0.895. The van der Waals surface area contributed by atoms with Gasteiger partial charge < -0.3 is 0 Å². The first-order valence-electron chi connectivity index (χ1n) is 8.86. The van der Waals surface area contributed by atoms with Crippen LogP contribution in [-0.2, 0) is 4.79 Å². The first-order chi connectivity index (χ1) is 9.65. The van der Waals surface area contributed by atoms with Crippen molar-refractivity contribution < 1.29 is 4.79 Å². The van der Waals surface area contributed by atoms with Crippen molar-refractivity contribution in [3.05, 3.63) is 5.57 Å². The minimum atomic E-state index is 0.720. The summed E-state index contributed by atoms with van der Waals surface area (Å²) in [6, 6.07) is 0. The predicted octanol–water partition coefficient (Wildman–Crippen LogP) is 6.98. The molecule has 0 aliphatic heterocycles. The van der Waals surface area contributed by atoms with Crippen LogP contribution in [-0.4, -0.2) is 5.94 Å². The standard InChI is InChI=1S/C14H26O.C3H8.C2H6/c1-4-6-8-10-14(9-7-5-2)11-13(3)12-15;1-3-2;1-2/h14H,4-11H2,1-3H3;3H2,1-2H3;1-2H3. The van der Waals surface area contributed by atoms with E-state index in [2.05, 4.69) is 27.7 Å². The molecule has 0 rings (SSSR count). The second-order valence-corrected chi connectivity index (χ2v) is 5.30. The molecule has 0 heterocycles. The molecule has 0 amide bonds. The molecule has 0 aromatic carbocycles. The van der Waals surface area contributed by atoms with Crippen LogP contribution < -0.4 is 0 Å². The maximum absolute atomic E-state index is 10.5. The molecule has 1 heteroatoms. The van der Waals surface area contributed by atoms with E-state index < -0.39 is 0 Å². The van der Waals surface area contributed by atoms with Crippen LogP contribution in [0.5, 0.6) is 0 Å². The summed E-state index contributed by atoms with van der Waals surface area (Å²) in [5.41, 5.74) is 0.896. The molecule has 0 radical (unpaired) electrons. The minimum Gasteiger partial charge on any atom is -0.234 e. The lowest BCUT2D eigenvalue weighted by Gasteiger charge is -2.15. The summed E-state index contributed by atoms with van der Waals surface area (Å²) in [6.07, 6.45) is 11.3. The lowest BCUT2D eigenvalue weighted by Crippen LogP contribution is -2.02. The van der Waals surface area contributed by atoms with Crippen molar-refractivity contribution in [3.63, 3.8) is 0 Å². The van der Waals surface area contributed by atoms with Gasteiger partial charge in [0.2, 0.25) is 0 Å². The molecule has 0 saturated heterocycles.